The molecule has 1 aliphatic heterocycles. The predicted octanol–water partition coefficient (Wildman–Crippen LogP) is 1.71. The average Bonchev–Trinajstić information content (AvgIpc) is 2.88. The number of hydrogen-bond donors (Lipinski definition) is 1. The lowest BCUT2D eigenvalue weighted by atomic mass is 10.2. The van der Waals surface area contributed by atoms with Crippen molar-refractivity contribution < 1.29 is 17.9 Å². The third-order valence-electron chi connectivity index (χ3n) is 2.97. The summed E-state index contributed by atoms with van der Waals surface area (Å²) in [4.78, 5) is 0. The molecule has 0 radical (unpaired) electrons. The number of rotatable bonds is 4. The van der Waals surface area contributed by atoms with Crippen molar-refractivity contribution in [2.45, 2.75) is 31.7 Å². The number of halogens is 3. The van der Waals surface area contributed by atoms with Crippen molar-refractivity contribution in [1.82, 2.24) is 15.1 Å². The monoisotopic (exact) mass is 263 g/mol. The molecule has 4 nitrogen and oxygen atoms in total. The highest BCUT2D eigenvalue weighted by molar-refractivity contribution is 5.12. The third-order valence-corrected chi connectivity index (χ3v) is 2.97. The van der Waals surface area contributed by atoms with E-state index in [4.69, 9.17) is 4.74 Å². The SMILES string of the molecule is Cn1nc(C(F)(F)F)cc1CNCC1CCCO1. The molecule has 0 aromatic carbocycles. The van der Waals surface area contributed by atoms with E-state index in [-0.39, 0.29) is 6.10 Å². The van der Waals surface area contributed by atoms with Gasteiger partial charge in [-0.15, -0.1) is 0 Å². The highest BCUT2D eigenvalue weighted by Gasteiger charge is 2.34. The van der Waals surface area contributed by atoms with Crippen molar-refractivity contribution in [2.24, 2.45) is 7.05 Å². The molecule has 1 aromatic heterocycles. The fourth-order valence-corrected chi connectivity index (χ4v) is 1.98. The number of alkyl halides is 3. The Labute approximate surface area is 103 Å². The lowest BCUT2D eigenvalue weighted by Gasteiger charge is -2.10. The van der Waals surface area contributed by atoms with Crippen molar-refractivity contribution in [3.8, 4) is 0 Å². The van der Waals surface area contributed by atoms with Crippen LogP contribution in [0.25, 0.3) is 0 Å². The molecule has 1 unspecified atom stereocenters. The van der Waals surface area contributed by atoms with Crippen LogP contribution in [0, 0.1) is 0 Å². The molecule has 1 atom stereocenters. The molecule has 2 rings (SSSR count). The van der Waals surface area contributed by atoms with Gasteiger partial charge in [0.25, 0.3) is 0 Å². The second-order valence-corrected chi connectivity index (χ2v) is 4.41. The lowest BCUT2D eigenvalue weighted by molar-refractivity contribution is -0.141. The maximum Gasteiger partial charge on any atom is 0.435 e. The number of nitrogens with zero attached hydrogens (tertiary/aromatic N) is 2. The summed E-state index contributed by atoms with van der Waals surface area (Å²) in [6, 6.07) is 1.07. The Balaban J connectivity index is 1.87. The fourth-order valence-electron chi connectivity index (χ4n) is 1.98. The van der Waals surface area contributed by atoms with Crippen molar-refractivity contribution in [3.05, 3.63) is 17.5 Å². The highest BCUT2D eigenvalue weighted by atomic mass is 19.4. The number of aromatic nitrogens is 2. The van der Waals surface area contributed by atoms with Gasteiger partial charge in [-0.3, -0.25) is 4.68 Å². The molecule has 1 aromatic rings. The van der Waals surface area contributed by atoms with Crippen LogP contribution in [0.5, 0.6) is 0 Å². The second-order valence-electron chi connectivity index (χ2n) is 4.41. The second kappa shape index (κ2) is 5.27. The maximum absolute atomic E-state index is 12.4. The van der Waals surface area contributed by atoms with Gasteiger partial charge in [0.15, 0.2) is 5.69 Å². The maximum atomic E-state index is 12.4. The summed E-state index contributed by atoms with van der Waals surface area (Å²) >= 11 is 0. The number of ether oxygens (including phenoxy) is 1. The highest BCUT2D eigenvalue weighted by Crippen LogP contribution is 2.28. The minimum absolute atomic E-state index is 0.181. The van der Waals surface area contributed by atoms with Gasteiger partial charge in [0.1, 0.15) is 0 Å². The normalized spacial score (nSPS) is 20.6. The first-order valence-corrected chi connectivity index (χ1v) is 5.89. The van der Waals surface area contributed by atoms with Gasteiger partial charge < -0.3 is 10.1 Å². The van der Waals surface area contributed by atoms with E-state index in [1.54, 1.807) is 0 Å². The van der Waals surface area contributed by atoms with Gasteiger partial charge in [-0.25, -0.2) is 0 Å². The summed E-state index contributed by atoms with van der Waals surface area (Å²) in [5, 5.41) is 6.55. The van der Waals surface area contributed by atoms with E-state index in [2.05, 4.69) is 10.4 Å². The molecule has 0 aliphatic carbocycles. The fraction of sp³-hybridized carbons (Fsp3) is 0.727. The van der Waals surface area contributed by atoms with Crippen molar-refractivity contribution in [2.75, 3.05) is 13.2 Å². The Hall–Kier alpha value is -1.08. The van der Waals surface area contributed by atoms with E-state index in [0.29, 0.717) is 18.8 Å². The minimum atomic E-state index is -4.38. The molecule has 1 N–H and O–H groups in total. The quantitative estimate of drug-likeness (QED) is 0.898. The first-order valence-electron chi connectivity index (χ1n) is 5.89. The third kappa shape index (κ3) is 3.23. The summed E-state index contributed by atoms with van der Waals surface area (Å²) < 4.78 is 44.0. The summed E-state index contributed by atoms with van der Waals surface area (Å²) in [6.07, 6.45) is -2.15. The predicted molar refractivity (Wildman–Crippen MR) is 58.9 cm³/mol. The first-order chi connectivity index (χ1) is 8.47. The van der Waals surface area contributed by atoms with E-state index >= 15 is 0 Å². The average molecular weight is 263 g/mol. The molecule has 0 amide bonds. The molecular weight excluding hydrogens is 247 g/mol. The van der Waals surface area contributed by atoms with Gasteiger partial charge >= 0.3 is 6.18 Å². The van der Waals surface area contributed by atoms with Crippen molar-refractivity contribution in [3.63, 3.8) is 0 Å². The Morgan fingerprint density at radius 2 is 2.33 bits per heavy atom. The first kappa shape index (κ1) is 13.4. The van der Waals surface area contributed by atoms with Crippen LogP contribution in [0.1, 0.15) is 24.2 Å². The van der Waals surface area contributed by atoms with E-state index in [1.165, 1.54) is 11.7 Å². The number of nitrogens with one attached hydrogen (secondary N) is 1. The van der Waals surface area contributed by atoms with Gasteiger partial charge in [-0.05, 0) is 18.9 Å². The Kier molecular flexibility index (Phi) is 3.91. The van der Waals surface area contributed by atoms with Gasteiger partial charge in [0, 0.05) is 26.7 Å². The summed E-state index contributed by atoms with van der Waals surface area (Å²) in [5.74, 6) is 0. The van der Waals surface area contributed by atoms with E-state index in [0.717, 1.165) is 25.5 Å². The molecule has 7 heteroatoms. The molecule has 1 fully saturated rings. The van der Waals surface area contributed by atoms with Crippen LogP contribution in [-0.4, -0.2) is 29.0 Å². The van der Waals surface area contributed by atoms with Crippen LogP contribution in [0.4, 0.5) is 13.2 Å². The molecule has 2 heterocycles. The Morgan fingerprint density at radius 1 is 1.56 bits per heavy atom. The van der Waals surface area contributed by atoms with Crippen molar-refractivity contribution in [1.29, 1.82) is 0 Å². The molecule has 1 aliphatic rings. The zero-order valence-corrected chi connectivity index (χ0v) is 10.1. The molecular formula is C11H16F3N3O. The Morgan fingerprint density at radius 3 is 2.89 bits per heavy atom. The van der Waals surface area contributed by atoms with Crippen LogP contribution in [-0.2, 0) is 24.5 Å². The van der Waals surface area contributed by atoms with Crippen LogP contribution >= 0.6 is 0 Å². The van der Waals surface area contributed by atoms with E-state index in [1.807, 2.05) is 0 Å². The van der Waals surface area contributed by atoms with Gasteiger partial charge in [-0.2, -0.15) is 18.3 Å². The van der Waals surface area contributed by atoms with Crippen LogP contribution in [0.2, 0.25) is 0 Å². The van der Waals surface area contributed by atoms with E-state index < -0.39 is 11.9 Å². The van der Waals surface area contributed by atoms with Gasteiger partial charge in [0.2, 0.25) is 0 Å². The largest absolute Gasteiger partial charge is 0.435 e. The topological polar surface area (TPSA) is 39.1 Å². The van der Waals surface area contributed by atoms with E-state index in [9.17, 15) is 13.2 Å². The van der Waals surface area contributed by atoms with Crippen LogP contribution in [0.15, 0.2) is 6.07 Å². The molecule has 0 saturated carbocycles. The standard InChI is InChI=1S/C11H16F3N3O/c1-17-8(5-10(16-17)11(12,13)14)6-15-7-9-3-2-4-18-9/h5,9,15H,2-4,6-7H2,1H3. The van der Waals surface area contributed by atoms with Crippen LogP contribution < -0.4 is 5.32 Å². The van der Waals surface area contributed by atoms with Gasteiger partial charge in [-0.1, -0.05) is 0 Å². The summed E-state index contributed by atoms with van der Waals surface area (Å²) in [5.41, 5.74) is -0.334. The molecule has 1 saturated heterocycles. The molecule has 0 bridgehead atoms. The summed E-state index contributed by atoms with van der Waals surface area (Å²) in [7, 11) is 1.51. The molecule has 0 spiro atoms. The lowest BCUT2D eigenvalue weighted by Crippen LogP contribution is -2.26. The minimum Gasteiger partial charge on any atom is -0.377 e. The van der Waals surface area contributed by atoms with Gasteiger partial charge in [0.05, 0.1) is 11.8 Å². The zero-order valence-electron chi connectivity index (χ0n) is 10.1. The molecule has 18 heavy (non-hydrogen) atoms. The Bertz CT molecular complexity index is 397. The smallest absolute Gasteiger partial charge is 0.377 e. The summed E-state index contributed by atoms with van der Waals surface area (Å²) in [6.45, 7) is 1.79. The van der Waals surface area contributed by atoms with Crippen LogP contribution in [0.3, 0.4) is 0 Å². The number of aryl methyl sites for hydroxylation is 1. The van der Waals surface area contributed by atoms with Crippen molar-refractivity contribution >= 4 is 0 Å². The zero-order chi connectivity index (χ0) is 13.2. The number of hydrogen-bond acceptors (Lipinski definition) is 3. The molecule has 102 valence electrons.